The van der Waals surface area contributed by atoms with Crippen molar-refractivity contribution in [3.05, 3.63) is 29.2 Å². The fourth-order valence-electron chi connectivity index (χ4n) is 3.33. The van der Waals surface area contributed by atoms with Crippen LogP contribution in [0.5, 0.6) is 5.75 Å². The summed E-state index contributed by atoms with van der Waals surface area (Å²) in [5.74, 6) is 1.50. The summed E-state index contributed by atoms with van der Waals surface area (Å²) >= 11 is 0. The highest BCUT2D eigenvalue weighted by Gasteiger charge is 2.28. The van der Waals surface area contributed by atoms with E-state index in [-0.39, 0.29) is 0 Å². The lowest BCUT2D eigenvalue weighted by atomic mass is 9.87. The van der Waals surface area contributed by atoms with Crippen LogP contribution in [0.15, 0.2) is 16.9 Å². The Morgan fingerprint density at radius 3 is 2.58 bits per heavy atom. The number of hydrogen-bond acceptors (Lipinski definition) is 3. The highest BCUT2D eigenvalue weighted by Crippen LogP contribution is 2.47. The number of rotatable bonds is 2. The molecule has 0 spiro atoms. The third-order valence-corrected chi connectivity index (χ3v) is 4.48. The van der Waals surface area contributed by atoms with Crippen molar-refractivity contribution >= 4 is 0 Å². The van der Waals surface area contributed by atoms with Crippen molar-refractivity contribution in [3.8, 4) is 16.9 Å². The lowest BCUT2D eigenvalue weighted by Gasteiger charge is -2.24. The molecular weight excluding hydrogens is 238 g/mol. The third-order valence-electron chi connectivity index (χ3n) is 4.48. The number of nitrogens with one attached hydrogen (secondary N) is 1. The van der Waals surface area contributed by atoms with Crippen molar-refractivity contribution in [2.45, 2.75) is 32.6 Å². The van der Waals surface area contributed by atoms with E-state index in [1.54, 1.807) is 13.4 Å². The standard InChI is InChI=1S/C16H21NO2/c1-10-11(2)15(12-4-6-17-7-5-12)16-13(10)8-19-9-14(16)18-3/h8-9,12,17H,4-7H2,1-3H3. The Labute approximate surface area is 114 Å². The van der Waals surface area contributed by atoms with Crippen molar-refractivity contribution in [1.29, 1.82) is 0 Å². The molecule has 3 aliphatic rings. The van der Waals surface area contributed by atoms with Crippen LogP contribution in [-0.4, -0.2) is 20.2 Å². The second-order valence-electron chi connectivity index (χ2n) is 5.42. The average molecular weight is 259 g/mol. The summed E-state index contributed by atoms with van der Waals surface area (Å²) in [6.45, 7) is 6.62. The number of piperidine rings is 1. The van der Waals surface area contributed by atoms with E-state index in [0.717, 1.165) is 18.8 Å². The summed E-state index contributed by atoms with van der Waals surface area (Å²) in [4.78, 5) is 0. The predicted molar refractivity (Wildman–Crippen MR) is 76.2 cm³/mol. The molecule has 0 aromatic carbocycles. The first-order chi connectivity index (χ1) is 9.24. The minimum absolute atomic E-state index is 0.633. The molecule has 102 valence electrons. The van der Waals surface area contributed by atoms with E-state index in [4.69, 9.17) is 9.15 Å². The van der Waals surface area contributed by atoms with Gasteiger partial charge < -0.3 is 14.5 Å². The Balaban J connectivity index is 2.19. The maximum Gasteiger partial charge on any atom is 0.162 e. The first kappa shape index (κ1) is 12.5. The molecule has 0 amide bonds. The monoisotopic (exact) mass is 259 g/mol. The molecule has 3 heteroatoms. The molecule has 1 aliphatic carbocycles. The van der Waals surface area contributed by atoms with E-state index in [2.05, 4.69) is 19.2 Å². The Morgan fingerprint density at radius 2 is 1.89 bits per heavy atom. The Bertz CT molecular complexity index is 553. The molecule has 1 N–H and O–H groups in total. The van der Waals surface area contributed by atoms with Crippen LogP contribution in [0.1, 0.15) is 35.4 Å². The topological polar surface area (TPSA) is 34.4 Å². The summed E-state index contributed by atoms with van der Waals surface area (Å²) in [6, 6.07) is 0. The lowest BCUT2D eigenvalue weighted by molar-refractivity contribution is 0.391. The summed E-state index contributed by atoms with van der Waals surface area (Å²) < 4.78 is 10.9. The first-order valence-corrected chi connectivity index (χ1v) is 6.97. The fourth-order valence-corrected chi connectivity index (χ4v) is 3.33. The van der Waals surface area contributed by atoms with Crippen LogP contribution in [0.2, 0.25) is 0 Å². The van der Waals surface area contributed by atoms with Gasteiger partial charge in [-0.1, -0.05) is 0 Å². The molecule has 0 atom stereocenters. The zero-order valence-electron chi connectivity index (χ0n) is 11.9. The highest BCUT2D eigenvalue weighted by atomic mass is 16.5. The third kappa shape index (κ3) is 1.93. The Hall–Kier alpha value is -1.48. The molecule has 0 bridgehead atoms. The van der Waals surface area contributed by atoms with Crippen molar-refractivity contribution in [3.63, 3.8) is 0 Å². The molecule has 0 unspecified atom stereocenters. The molecule has 1 saturated heterocycles. The first-order valence-electron chi connectivity index (χ1n) is 6.97. The minimum atomic E-state index is 0.633. The number of fused-ring (bicyclic) bond motifs is 1. The van der Waals surface area contributed by atoms with Crippen molar-refractivity contribution < 1.29 is 9.15 Å². The number of hydrogen-bond donors (Lipinski definition) is 1. The van der Waals surface area contributed by atoms with Gasteiger partial charge in [0.05, 0.1) is 13.4 Å². The van der Waals surface area contributed by atoms with Crippen LogP contribution in [0.25, 0.3) is 11.1 Å². The van der Waals surface area contributed by atoms with E-state index in [1.165, 1.54) is 40.7 Å². The maximum absolute atomic E-state index is 5.52. The van der Waals surface area contributed by atoms with Gasteiger partial charge >= 0.3 is 0 Å². The van der Waals surface area contributed by atoms with Crippen LogP contribution in [0.4, 0.5) is 0 Å². The summed E-state index contributed by atoms with van der Waals surface area (Å²) in [7, 11) is 1.72. The van der Waals surface area contributed by atoms with E-state index < -0.39 is 0 Å². The van der Waals surface area contributed by atoms with Crippen LogP contribution in [0.3, 0.4) is 0 Å². The average Bonchev–Trinajstić information content (AvgIpc) is 2.72. The van der Waals surface area contributed by atoms with Gasteiger partial charge in [-0.3, -0.25) is 0 Å². The van der Waals surface area contributed by atoms with Gasteiger partial charge in [0.1, 0.15) is 6.26 Å². The van der Waals surface area contributed by atoms with Gasteiger partial charge in [-0.2, -0.15) is 0 Å². The van der Waals surface area contributed by atoms with Gasteiger partial charge in [-0.05, 0) is 62.4 Å². The lowest BCUT2D eigenvalue weighted by Crippen LogP contribution is -2.26. The molecule has 3 nitrogen and oxygen atoms in total. The van der Waals surface area contributed by atoms with Gasteiger partial charge in [0.2, 0.25) is 0 Å². The van der Waals surface area contributed by atoms with Gasteiger partial charge in [-0.15, -0.1) is 0 Å². The Kier molecular flexibility index (Phi) is 3.23. The Morgan fingerprint density at radius 1 is 1.16 bits per heavy atom. The van der Waals surface area contributed by atoms with Crippen LogP contribution in [0, 0.1) is 13.8 Å². The van der Waals surface area contributed by atoms with E-state index in [1.807, 2.05) is 6.26 Å². The molecule has 0 aromatic heterocycles. The molecule has 2 heterocycles. The van der Waals surface area contributed by atoms with Gasteiger partial charge in [0.15, 0.2) is 5.75 Å². The van der Waals surface area contributed by atoms with Crippen LogP contribution < -0.4 is 10.1 Å². The van der Waals surface area contributed by atoms with Gasteiger partial charge in [0, 0.05) is 11.1 Å². The number of methoxy groups -OCH3 is 1. The largest absolute Gasteiger partial charge is 0.493 e. The van der Waals surface area contributed by atoms with Crippen molar-refractivity contribution in [2.75, 3.05) is 20.2 Å². The molecule has 2 aliphatic heterocycles. The van der Waals surface area contributed by atoms with E-state index in [0.29, 0.717) is 5.92 Å². The highest BCUT2D eigenvalue weighted by molar-refractivity contribution is 5.82. The smallest absolute Gasteiger partial charge is 0.162 e. The minimum Gasteiger partial charge on any atom is -0.493 e. The fraction of sp³-hybridized carbons (Fsp3) is 0.500. The second-order valence-corrected chi connectivity index (χ2v) is 5.42. The van der Waals surface area contributed by atoms with E-state index >= 15 is 0 Å². The van der Waals surface area contributed by atoms with Crippen molar-refractivity contribution in [2.24, 2.45) is 0 Å². The SMILES string of the molecule is COc1cocc2c(C)c(C)c(C3CCNCC3)c1-2. The predicted octanol–water partition coefficient (Wildman–Crippen LogP) is 3.48. The van der Waals surface area contributed by atoms with Gasteiger partial charge in [-0.25, -0.2) is 0 Å². The van der Waals surface area contributed by atoms with Gasteiger partial charge in [0.25, 0.3) is 0 Å². The molecule has 0 radical (unpaired) electrons. The maximum atomic E-state index is 5.52. The zero-order valence-corrected chi connectivity index (χ0v) is 11.9. The quantitative estimate of drug-likeness (QED) is 0.896. The summed E-state index contributed by atoms with van der Waals surface area (Å²) in [6.07, 6.45) is 5.97. The molecular formula is C16H21NO2. The van der Waals surface area contributed by atoms with Crippen molar-refractivity contribution in [1.82, 2.24) is 5.32 Å². The number of ether oxygens (including phenoxy) is 1. The summed E-state index contributed by atoms with van der Waals surface area (Å²) in [5, 5.41) is 3.44. The van der Waals surface area contributed by atoms with Crippen LogP contribution in [-0.2, 0) is 0 Å². The summed E-state index contributed by atoms with van der Waals surface area (Å²) in [5.41, 5.74) is 6.66. The molecule has 0 aromatic rings. The zero-order chi connectivity index (χ0) is 13.4. The molecule has 1 fully saturated rings. The normalized spacial score (nSPS) is 17.0. The molecule has 0 saturated carbocycles. The molecule has 3 rings (SSSR count). The second kappa shape index (κ2) is 4.89. The van der Waals surface area contributed by atoms with E-state index in [9.17, 15) is 0 Å². The van der Waals surface area contributed by atoms with Crippen LogP contribution >= 0.6 is 0 Å². The molecule has 19 heavy (non-hydrogen) atoms.